The molecule has 0 aromatic heterocycles. The van der Waals surface area contributed by atoms with Gasteiger partial charge in [0.15, 0.2) is 0 Å². The molecule has 0 fully saturated rings. The van der Waals surface area contributed by atoms with E-state index >= 15 is 5.73 Å². The zero-order valence-corrected chi connectivity index (χ0v) is 38.8. The van der Waals surface area contributed by atoms with Gasteiger partial charge in [0.25, 0.3) is 0 Å². The Kier molecular flexibility index (Phi) is 19.9. The van der Waals surface area contributed by atoms with Crippen LogP contribution < -0.4 is 0 Å². The van der Waals surface area contributed by atoms with E-state index in [0.29, 0.717) is 0 Å². The summed E-state index contributed by atoms with van der Waals surface area (Å²) in [5, 5.41) is 0. The van der Waals surface area contributed by atoms with Crippen molar-refractivity contribution >= 4 is 51.6 Å². The molecule has 0 heterocycles. The molecule has 0 bridgehead atoms. The van der Waals surface area contributed by atoms with Crippen LogP contribution in [0.1, 0.15) is 86.0 Å². The largest absolute Gasteiger partial charge is 0.324 e. The van der Waals surface area contributed by atoms with Gasteiger partial charge in [0, 0.05) is 0 Å². The molecule has 256 valence electrons. The summed E-state index contributed by atoms with van der Waals surface area (Å²) in [4.78, 5) is 0. The molecule has 0 unspecified atom stereocenters. The number of hydrogen-bond acceptors (Lipinski definition) is 2. The first-order valence-corrected chi connectivity index (χ1v) is 38.0. The van der Waals surface area contributed by atoms with Crippen molar-refractivity contribution in [1.82, 2.24) is 4.91 Å². The van der Waals surface area contributed by atoms with Gasteiger partial charge in [-0.15, -0.1) is 0 Å². The van der Waals surface area contributed by atoms with Gasteiger partial charge in [-0.25, -0.2) is 0 Å². The summed E-state index contributed by atoms with van der Waals surface area (Å²) in [7, 11) is -8.77. The molecule has 3 nitrogen and oxygen atoms in total. The van der Waals surface area contributed by atoms with E-state index < -0.39 is 51.6 Å². The van der Waals surface area contributed by atoms with Gasteiger partial charge in [-0.05, 0) is 25.7 Å². The number of allylic oxidation sites excluding steroid dienone is 2. The van der Waals surface area contributed by atoms with Gasteiger partial charge in [0.2, 0.25) is 0 Å². The molecule has 42 heavy (non-hydrogen) atoms. The van der Waals surface area contributed by atoms with E-state index in [4.69, 9.17) is 0 Å². The minimum Gasteiger partial charge on any atom is -0.324 e. The fraction of sp³-hybridized carbons (Fsp3) is 0.938. The third kappa shape index (κ3) is 14.7. The Balaban J connectivity index is 0. The van der Waals surface area contributed by atoms with E-state index in [1.807, 2.05) is 17.9 Å². The van der Waals surface area contributed by atoms with Crippen LogP contribution in [0.15, 0.2) is 12.2 Å². The van der Waals surface area contributed by atoms with E-state index in [0.717, 1.165) is 0 Å². The van der Waals surface area contributed by atoms with Crippen LogP contribution in [0.4, 0.5) is 5.73 Å². The Morgan fingerprint density at radius 3 is 0.929 bits per heavy atom. The summed E-state index contributed by atoms with van der Waals surface area (Å²) in [5.74, 6) is 0. The molecule has 0 rings (SSSR count). The van der Waals surface area contributed by atoms with Crippen molar-refractivity contribution in [2.45, 2.75) is 169 Å². The maximum absolute atomic E-state index is 17.5. The maximum Gasteiger partial charge on any atom is 0.0786 e. The van der Waals surface area contributed by atoms with Crippen molar-refractivity contribution in [3.05, 3.63) is 12.2 Å². The molecule has 10 heteroatoms. The van der Waals surface area contributed by atoms with Crippen LogP contribution in [-0.4, -0.2) is 87.2 Å². The predicted molar refractivity (Wildman–Crippen MR) is 204 cm³/mol. The monoisotopic (exact) mass is 775 g/mol. The van der Waals surface area contributed by atoms with Crippen molar-refractivity contribution in [3.8, 4) is 0 Å². The molecule has 0 atom stereocenters. The quantitative estimate of drug-likeness (QED) is 0.0691. The Morgan fingerprint density at radius 2 is 0.762 bits per heavy atom. The molecule has 0 aliphatic rings. The Bertz CT molecular complexity index is 668. The van der Waals surface area contributed by atoms with Crippen molar-refractivity contribution in [2.24, 2.45) is 0 Å². The Hall–Kier alpha value is 1.15. The molecule has 0 radical (unpaired) electrons. The first kappa shape index (κ1) is 45.3. The molecule has 0 N–H and O–H groups in total. The molecule has 0 aromatic rings. The topological polar surface area (TPSA) is 6.48 Å². The fourth-order valence-electron chi connectivity index (χ4n) is 7.82. The van der Waals surface area contributed by atoms with Gasteiger partial charge in [-0.2, -0.15) is 0 Å². The molecule has 0 aliphatic carbocycles. The molecule has 0 aromatic carbocycles. The number of quaternary nitrogens is 1. The van der Waals surface area contributed by atoms with Gasteiger partial charge >= 0.3 is 164 Å². The number of halogens is 2. The standard InChI is InChI=1S/C16H36N.2C6H18NSi2.C4H7.2FH.Sn/c1-5-9-13-17(14-10-6-2,15-11-7-3)16-12-8-4;2*1-8(2,3)7-9(4,5)6;1-3-4-2;;;/h5-16H2,1-4H3;2*1-6H3;3-4H,1H2,2H3;2*1H;/q+1;2*-1;;;;+3/p-2/b;;;4-3+;;;. The maximum atomic E-state index is 17.5. The normalized spacial score (nSPS) is 15.2. The first-order chi connectivity index (χ1) is 18.8. The van der Waals surface area contributed by atoms with Gasteiger partial charge in [0.05, 0.1) is 26.2 Å². The Labute approximate surface area is 272 Å². The smallest absolute Gasteiger partial charge is 0.0786 e. The molecule has 0 spiro atoms. The number of hydrogen-bond donors (Lipinski definition) is 0. The average Bonchev–Trinajstić information content (AvgIpc) is 2.78. The second-order valence-corrected chi connectivity index (χ2v) is 52.0. The number of unbranched alkanes of at least 4 members (excludes halogenated alkanes) is 4. The minimum absolute atomic E-state index is 0.0130. The van der Waals surface area contributed by atoms with Gasteiger partial charge in [0.1, 0.15) is 0 Å². The van der Waals surface area contributed by atoms with Crippen LogP contribution in [0.2, 0.25) is 83.0 Å². The zero-order chi connectivity index (χ0) is 33.7. The van der Waals surface area contributed by atoms with Gasteiger partial charge in [-0.3, -0.25) is 0 Å². The number of rotatable bonds is 20. The van der Waals surface area contributed by atoms with Crippen LogP contribution in [0.25, 0.3) is 0 Å². The van der Waals surface area contributed by atoms with Crippen LogP contribution in [0.3, 0.4) is 0 Å². The van der Waals surface area contributed by atoms with E-state index in [2.05, 4.69) is 106 Å². The second kappa shape index (κ2) is 18.5. The average molecular weight is 775 g/mol. The minimum atomic E-state index is -6.41. The molecular formula is C32H79F2N3Si4Sn. The van der Waals surface area contributed by atoms with Crippen LogP contribution in [0, 0.1) is 0 Å². The van der Waals surface area contributed by atoms with E-state index in [9.17, 15) is 0 Å². The third-order valence-corrected chi connectivity index (χ3v) is 63.5. The zero-order valence-electron chi connectivity index (χ0n) is 31.9. The molecular weight excluding hydrogens is 695 g/mol. The summed E-state index contributed by atoms with van der Waals surface area (Å²) in [6.07, 6.45) is 14.7. The SMILES string of the molecule is C/C=C/[CH2][Sn-]([F])([F])([N]([Si](C)(C)C)[Si](C)(C)C)[N]([Si](C)(C)C)[Si](C)(C)C.CCCC[N+](CCCC)(CCCC)CCCC. The first-order valence-electron chi connectivity index (χ1n) is 17.5. The molecule has 0 saturated carbocycles. The third-order valence-electron chi connectivity index (χ3n) is 8.17. The van der Waals surface area contributed by atoms with Crippen LogP contribution >= 0.6 is 0 Å². The van der Waals surface area contributed by atoms with E-state index in [1.54, 1.807) is 6.08 Å². The van der Waals surface area contributed by atoms with Crippen LogP contribution in [0.5, 0.6) is 0 Å². The summed E-state index contributed by atoms with van der Waals surface area (Å²) < 4.78 is 40.2. The molecule has 0 aliphatic heterocycles. The van der Waals surface area contributed by atoms with E-state index in [-0.39, 0.29) is 4.44 Å². The summed E-state index contributed by atoms with van der Waals surface area (Å²) in [5.41, 5.74) is 0. The molecule has 0 saturated heterocycles. The van der Waals surface area contributed by atoms with Crippen LogP contribution in [-0.2, 0) is 0 Å². The van der Waals surface area contributed by atoms with Crippen molar-refractivity contribution < 1.29 is 10.2 Å². The van der Waals surface area contributed by atoms with Gasteiger partial charge in [-0.1, -0.05) is 53.4 Å². The predicted octanol–water partition coefficient (Wildman–Crippen LogP) is 11.8. The summed E-state index contributed by atoms with van der Waals surface area (Å²) in [6.45, 7) is 42.4. The van der Waals surface area contributed by atoms with Crippen molar-refractivity contribution in [1.29, 1.82) is 0 Å². The van der Waals surface area contributed by atoms with E-state index in [1.165, 1.54) is 82.0 Å². The number of nitrogens with zero attached hydrogens (tertiary/aromatic N) is 3. The summed E-state index contributed by atoms with van der Waals surface area (Å²) >= 11 is -6.41. The second-order valence-electron chi connectivity index (χ2n) is 16.9. The van der Waals surface area contributed by atoms with Crippen molar-refractivity contribution in [3.63, 3.8) is 0 Å². The van der Waals surface area contributed by atoms with Gasteiger partial charge < -0.3 is 4.48 Å². The molecule has 0 amide bonds. The Morgan fingerprint density at radius 1 is 0.524 bits per heavy atom. The summed E-state index contributed by atoms with van der Waals surface area (Å²) in [6, 6.07) is 0. The fourth-order valence-corrected chi connectivity index (χ4v) is 84.1. The van der Waals surface area contributed by atoms with Crippen molar-refractivity contribution in [2.75, 3.05) is 26.2 Å².